The molecule has 3 aromatic rings. The monoisotopic (exact) mass is 410 g/mol. The molecule has 9 heteroatoms. The zero-order valence-corrected chi connectivity index (χ0v) is 16.3. The van der Waals surface area contributed by atoms with Crippen LogP contribution in [0, 0.1) is 0 Å². The lowest BCUT2D eigenvalue weighted by Crippen LogP contribution is -2.37. The maximum absolute atomic E-state index is 12.2. The number of hydrogen-bond acceptors (Lipinski definition) is 6. The normalized spacial score (nSPS) is 11.7. The van der Waals surface area contributed by atoms with Crippen molar-refractivity contribution in [1.82, 2.24) is 10.3 Å². The van der Waals surface area contributed by atoms with E-state index in [0.717, 1.165) is 17.5 Å². The second-order valence-electron chi connectivity index (χ2n) is 6.06. The minimum absolute atomic E-state index is 0.0323. The Bertz CT molecular complexity index is 1140. The fourth-order valence-corrected chi connectivity index (χ4v) is 3.07. The van der Waals surface area contributed by atoms with E-state index in [4.69, 9.17) is 10.6 Å². The Morgan fingerprint density at radius 2 is 1.83 bits per heavy atom. The summed E-state index contributed by atoms with van der Waals surface area (Å²) >= 11 is 0. The number of nitrogens with one attached hydrogen (secondary N) is 1. The standard InChI is InChI=1S/C20H18N4O4S/c1-29(26,27)17-6-4-5-15(13-17)19(25)23-20(21)24-28-16-10-8-14(9-11-16)18-7-2-3-12-22-18/h2-13H,1H3,(H3,21,23,24,25). The van der Waals surface area contributed by atoms with Gasteiger partial charge in [-0.1, -0.05) is 12.1 Å². The van der Waals surface area contributed by atoms with Crippen LogP contribution in [0.4, 0.5) is 0 Å². The van der Waals surface area contributed by atoms with Crippen LogP contribution in [-0.4, -0.2) is 31.5 Å². The average molecular weight is 410 g/mol. The number of sulfone groups is 1. The highest BCUT2D eigenvalue weighted by Crippen LogP contribution is 2.20. The topological polar surface area (TPSA) is 124 Å². The van der Waals surface area contributed by atoms with E-state index in [-0.39, 0.29) is 16.4 Å². The molecule has 1 aromatic heterocycles. The largest absolute Gasteiger partial charge is 0.367 e. The van der Waals surface area contributed by atoms with Gasteiger partial charge in [-0.2, -0.15) is 0 Å². The summed E-state index contributed by atoms with van der Waals surface area (Å²) < 4.78 is 23.2. The summed E-state index contributed by atoms with van der Waals surface area (Å²) in [5.41, 5.74) is 7.54. The molecule has 0 aliphatic heterocycles. The van der Waals surface area contributed by atoms with Crippen molar-refractivity contribution < 1.29 is 18.0 Å². The number of oxime groups is 1. The van der Waals surface area contributed by atoms with Crippen molar-refractivity contribution in [2.24, 2.45) is 10.9 Å². The minimum Gasteiger partial charge on any atom is -0.367 e. The number of guanidine groups is 1. The smallest absolute Gasteiger partial charge is 0.258 e. The molecule has 29 heavy (non-hydrogen) atoms. The van der Waals surface area contributed by atoms with E-state index < -0.39 is 15.7 Å². The fraction of sp³-hybridized carbons (Fsp3) is 0.0500. The van der Waals surface area contributed by atoms with Gasteiger partial charge in [-0.25, -0.2) is 8.42 Å². The summed E-state index contributed by atoms with van der Waals surface area (Å²) in [5.74, 6) is -0.458. The SMILES string of the molecule is CS(=O)(=O)c1cccc(C(=O)NC(N)=NOc2ccc(-c3ccccn3)cc2)c1. The van der Waals surface area contributed by atoms with Gasteiger partial charge in [0.15, 0.2) is 15.6 Å². The Kier molecular flexibility index (Phi) is 5.89. The summed E-state index contributed by atoms with van der Waals surface area (Å²) in [5, 5.41) is 6.00. The number of carbonyl (C=O) groups is 1. The third-order valence-electron chi connectivity index (χ3n) is 3.83. The number of pyridine rings is 1. The zero-order chi connectivity index (χ0) is 20.9. The molecule has 1 heterocycles. The number of amides is 1. The predicted molar refractivity (Wildman–Crippen MR) is 109 cm³/mol. The highest BCUT2D eigenvalue weighted by Gasteiger charge is 2.12. The summed E-state index contributed by atoms with van der Waals surface area (Å²) in [4.78, 5) is 21.7. The van der Waals surface area contributed by atoms with Crippen LogP contribution >= 0.6 is 0 Å². The Morgan fingerprint density at radius 1 is 1.07 bits per heavy atom. The van der Waals surface area contributed by atoms with Gasteiger partial charge in [-0.05, 0) is 59.8 Å². The lowest BCUT2D eigenvalue weighted by Gasteiger charge is -2.06. The van der Waals surface area contributed by atoms with Crippen molar-refractivity contribution in [2.45, 2.75) is 4.90 Å². The number of nitrogens with two attached hydrogens (primary N) is 1. The van der Waals surface area contributed by atoms with Crippen LogP contribution in [-0.2, 0) is 9.84 Å². The van der Waals surface area contributed by atoms with Crippen LogP contribution in [0.25, 0.3) is 11.3 Å². The molecule has 0 saturated carbocycles. The van der Waals surface area contributed by atoms with Gasteiger partial charge in [0.25, 0.3) is 5.91 Å². The first-order chi connectivity index (χ1) is 13.8. The molecule has 0 spiro atoms. The second kappa shape index (κ2) is 8.53. The molecule has 0 unspecified atom stereocenters. The van der Waals surface area contributed by atoms with Crippen molar-refractivity contribution in [3.05, 3.63) is 78.5 Å². The van der Waals surface area contributed by atoms with E-state index in [1.807, 2.05) is 30.3 Å². The molecule has 0 bridgehead atoms. The second-order valence-corrected chi connectivity index (χ2v) is 8.08. The molecule has 0 saturated heterocycles. The molecule has 3 rings (SSSR count). The average Bonchev–Trinajstić information content (AvgIpc) is 2.73. The maximum atomic E-state index is 12.2. The molecule has 148 valence electrons. The summed E-state index contributed by atoms with van der Waals surface area (Å²) in [7, 11) is -3.43. The van der Waals surface area contributed by atoms with Gasteiger partial charge in [-0.3, -0.25) is 15.1 Å². The first-order valence-electron chi connectivity index (χ1n) is 8.46. The molecular weight excluding hydrogens is 392 g/mol. The van der Waals surface area contributed by atoms with Crippen molar-refractivity contribution >= 4 is 21.7 Å². The van der Waals surface area contributed by atoms with E-state index in [9.17, 15) is 13.2 Å². The van der Waals surface area contributed by atoms with Gasteiger partial charge in [0.05, 0.1) is 10.6 Å². The quantitative estimate of drug-likeness (QED) is 0.377. The molecule has 8 nitrogen and oxygen atoms in total. The Labute approximate surface area is 167 Å². The van der Waals surface area contributed by atoms with Crippen molar-refractivity contribution in [3.63, 3.8) is 0 Å². The lowest BCUT2D eigenvalue weighted by atomic mass is 10.1. The fourth-order valence-electron chi connectivity index (χ4n) is 2.40. The zero-order valence-electron chi connectivity index (χ0n) is 15.4. The molecule has 3 N–H and O–H groups in total. The van der Waals surface area contributed by atoms with Gasteiger partial charge in [0.1, 0.15) is 0 Å². The number of carbonyl (C=O) groups excluding carboxylic acids is 1. The summed E-state index contributed by atoms with van der Waals surface area (Å²) in [6.07, 6.45) is 2.77. The molecule has 1 amide bonds. The molecular formula is C20H18N4O4S. The number of rotatable bonds is 5. The van der Waals surface area contributed by atoms with Gasteiger partial charge in [-0.15, -0.1) is 0 Å². The third kappa shape index (κ3) is 5.39. The van der Waals surface area contributed by atoms with Crippen LogP contribution in [0.1, 0.15) is 10.4 Å². The molecule has 2 aromatic carbocycles. The molecule has 0 aliphatic rings. The first-order valence-corrected chi connectivity index (χ1v) is 10.4. The van der Waals surface area contributed by atoms with Gasteiger partial charge < -0.3 is 10.6 Å². The van der Waals surface area contributed by atoms with Crippen molar-refractivity contribution in [3.8, 4) is 17.0 Å². The Morgan fingerprint density at radius 3 is 2.48 bits per heavy atom. The van der Waals surface area contributed by atoms with E-state index >= 15 is 0 Å². The van der Waals surface area contributed by atoms with Gasteiger partial charge in [0.2, 0.25) is 5.96 Å². The van der Waals surface area contributed by atoms with Gasteiger partial charge >= 0.3 is 0 Å². The van der Waals surface area contributed by atoms with E-state index in [0.29, 0.717) is 5.75 Å². The molecule has 0 radical (unpaired) electrons. The number of benzene rings is 2. The Balaban J connectivity index is 1.64. The van der Waals surface area contributed by atoms with Crippen LogP contribution < -0.4 is 15.9 Å². The highest BCUT2D eigenvalue weighted by molar-refractivity contribution is 7.90. The maximum Gasteiger partial charge on any atom is 0.258 e. The number of nitrogens with zero attached hydrogens (tertiary/aromatic N) is 2. The van der Waals surface area contributed by atoms with Crippen LogP contribution in [0.3, 0.4) is 0 Å². The Hall–Kier alpha value is -3.72. The molecule has 0 aliphatic carbocycles. The van der Waals surface area contributed by atoms with Crippen molar-refractivity contribution in [1.29, 1.82) is 0 Å². The minimum atomic E-state index is -3.43. The number of hydrogen-bond donors (Lipinski definition) is 2. The van der Waals surface area contributed by atoms with Crippen LogP contribution in [0.2, 0.25) is 0 Å². The van der Waals surface area contributed by atoms with E-state index in [1.165, 1.54) is 24.3 Å². The van der Waals surface area contributed by atoms with Crippen LogP contribution in [0.15, 0.2) is 83.0 Å². The van der Waals surface area contributed by atoms with E-state index in [1.54, 1.807) is 18.3 Å². The first kappa shape index (κ1) is 20.0. The summed E-state index contributed by atoms with van der Waals surface area (Å²) in [6.45, 7) is 0. The van der Waals surface area contributed by atoms with E-state index in [2.05, 4.69) is 15.5 Å². The third-order valence-corrected chi connectivity index (χ3v) is 4.94. The lowest BCUT2D eigenvalue weighted by molar-refractivity contribution is 0.0975. The number of aromatic nitrogens is 1. The van der Waals surface area contributed by atoms with Crippen molar-refractivity contribution in [2.75, 3.05) is 6.26 Å². The molecule has 0 atom stereocenters. The van der Waals surface area contributed by atoms with Crippen LogP contribution in [0.5, 0.6) is 5.75 Å². The highest BCUT2D eigenvalue weighted by atomic mass is 32.2. The predicted octanol–water partition coefficient (Wildman–Crippen LogP) is 2.19. The van der Waals surface area contributed by atoms with Gasteiger partial charge in [0, 0.05) is 23.6 Å². The summed E-state index contributed by atoms with van der Waals surface area (Å²) in [6, 6.07) is 18.2. The molecule has 0 fully saturated rings.